The van der Waals surface area contributed by atoms with Gasteiger partial charge in [-0.2, -0.15) is 0 Å². The SMILES string of the molecule is Cc1cc(Cl)cnc1C(=O)Nc1ccc(F)c([C@@]2(C)N=C(NC(=O)O)C(C)(C)[S@@]3(O)NCC(F)(F)C[C@H]23)n1. The van der Waals surface area contributed by atoms with Crippen molar-refractivity contribution in [2.24, 2.45) is 4.99 Å². The van der Waals surface area contributed by atoms with Crippen LogP contribution in [-0.2, 0) is 5.54 Å². The van der Waals surface area contributed by atoms with Crippen LogP contribution in [0.25, 0.3) is 0 Å². The predicted octanol–water partition coefficient (Wildman–Crippen LogP) is 4.69. The topological polar surface area (TPSA) is 149 Å². The number of pyridine rings is 2. The molecule has 2 amide bonds. The maximum atomic E-state index is 15.3. The average molecular weight is 575 g/mol. The van der Waals surface area contributed by atoms with E-state index in [1.165, 1.54) is 39.1 Å². The molecule has 0 aromatic carbocycles. The van der Waals surface area contributed by atoms with Gasteiger partial charge in [0.25, 0.3) is 11.8 Å². The maximum Gasteiger partial charge on any atom is 0.410 e. The summed E-state index contributed by atoms with van der Waals surface area (Å²) >= 11 is 5.89. The van der Waals surface area contributed by atoms with Gasteiger partial charge >= 0.3 is 6.09 Å². The number of aryl methyl sites for hydroxylation is 1. The molecule has 2 aliphatic rings. The molecular weight excluding hydrogens is 549 g/mol. The fourth-order valence-corrected chi connectivity index (χ4v) is 8.36. The lowest BCUT2D eigenvalue weighted by atomic mass is 9.88. The number of hydrogen-bond donors (Lipinski definition) is 5. The highest BCUT2D eigenvalue weighted by Crippen LogP contribution is 2.68. The summed E-state index contributed by atoms with van der Waals surface area (Å²) in [6.45, 7) is 5.02. The van der Waals surface area contributed by atoms with Gasteiger partial charge in [0.05, 0.1) is 21.6 Å². The van der Waals surface area contributed by atoms with Crippen LogP contribution in [0.3, 0.4) is 0 Å². The lowest BCUT2D eigenvalue weighted by molar-refractivity contribution is -0.0148. The van der Waals surface area contributed by atoms with Crippen molar-refractivity contribution < 1.29 is 32.4 Å². The van der Waals surface area contributed by atoms with Crippen LogP contribution < -0.4 is 15.4 Å². The monoisotopic (exact) mass is 574 g/mol. The van der Waals surface area contributed by atoms with Crippen molar-refractivity contribution in [3.8, 4) is 0 Å². The van der Waals surface area contributed by atoms with E-state index in [1.54, 1.807) is 6.92 Å². The van der Waals surface area contributed by atoms with Gasteiger partial charge in [-0.15, -0.1) is 0 Å². The van der Waals surface area contributed by atoms with Crippen molar-refractivity contribution in [1.29, 1.82) is 0 Å². The first-order chi connectivity index (χ1) is 17.5. The van der Waals surface area contributed by atoms with E-state index in [9.17, 15) is 28.0 Å². The number of alkyl halides is 2. The molecule has 0 unspecified atom stereocenters. The van der Waals surface area contributed by atoms with Crippen LogP contribution >= 0.6 is 22.1 Å². The van der Waals surface area contributed by atoms with E-state index < -0.39 is 68.4 Å². The van der Waals surface area contributed by atoms with Gasteiger partial charge in [-0.25, -0.2) is 27.9 Å². The molecule has 1 fully saturated rings. The van der Waals surface area contributed by atoms with Crippen LogP contribution in [-0.4, -0.2) is 59.9 Å². The molecule has 10 nitrogen and oxygen atoms in total. The Morgan fingerprint density at radius 3 is 2.55 bits per heavy atom. The van der Waals surface area contributed by atoms with Gasteiger partial charge in [-0.3, -0.25) is 19.8 Å². The van der Waals surface area contributed by atoms with Crippen LogP contribution in [0.15, 0.2) is 29.4 Å². The summed E-state index contributed by atoms with van der Waals surface area (Å²) in [5.74, 6) is -5.26. The molecule has 38 heavy (non-hydrogen) atoms. The molecule has 0 spiro atoms. The molecule has 206 valence electrons. The molecule has 0 saturated carbocycles. The maximum absolute atomic E-state index is 15.3. The minimum absolute atomic E-state index is 0.0358. The zero-order valence-corrected chi connectivity index (χ0v) is 22.3. The number of carbonyl (C=O) groups is 2. The van der Waals surface area contributed by atoms with E-state index in [1.807, 2.05) is 0 Å². The molecule has 0 bridgehead atoms. The average Bonchev–Trinajstić information content (AvgIpc) is 2.80. The Hall–Kier alpha value is -2.94. The molecule has 1 saturated heterocycles. The molecule has 0 aliphatic carbocycles. The molecular formula is C23H26ClF3N6O4S. The molecule has 2 aromatic rings. The van der Waals surface area contributed by atoms with Crippen molar-refractivity contribution in [3.63, 3.8) is 0 Å². The Balaban J connectivity index is 1.84. The number of amides is 2. The molecule has 15 heteroatoms. The fraction of sp³-hybridized carbons (Fsp3) is 0.435. The highest BCUT2D eigenvalue weighted by atomic mass is 35.5. The summed E-state index contributed by atoms with van der Waals surface area (Å²) in [5.41, 5.74) is -1.90. The molecule has 2 aliphatic heterocycles. The van der Waals surface area contributed by atoms with Gasteiger partial charge in [0.2, 0.25) is 0 Å². The highest BCUT2D eigenvalue weighted by molar-refractivity contribution is 8.29. The number of amidine groups is 1. The normalized spacial score (nSPS) is 27.6. The molecule has 0 radical (unpaired) electrons. The van der Waals surface area contributed by atoms with E-state index in [0.29, 0.717) is 10.6 Å². The van der Waals surface area contributed by atoms with Gasteiger partial charge in [-0.05, 0) is 51.5 Å². The first-order valence-corrected chi connectivity index (χ1v) is 13.4. The molecule has 5 N–H and O–H groups in total. The number of fused-ring (bicyclic) bond motifs is 1. The standard InChI is InChI=1S/C23H26ClF3N6O4S/c1-11-7-12(24)9-28-16(11)18(34)31-15-6-5-13(25)17(30-15)22(4)14-8-23(26,27)10-29-38(14,37)21(2,3)19(33-22)32-20(35)36/h5-7,9,14,29,37H,8,10H2,1-4H3,(H,32,33)(H,35,36)(H,30,31,34)/t14-,22+/m1/s1. The Labute approximate surface area is 222 Å². The van der Waals surface area contributed by atoms with Gasteiger partial charge in [-0.1, -0.05) is 22.1 Å². The zero-order chi connectivity index (χ0) is 28.3. The molecule has 4 heterocycles. The van der Waals surface area contributed by atoms with Gasteiger partial charge in [0.1, 0.15) is 34.4 Å². The van der Waals surface area contributed by atoms with Crippen LogP contribution in [0, 0.1) is 12.7 Å². The summed E-state index contributed by atoms with van der Waals surface area (Å²) in [6.07, 6.45) is -1.08. The predicted molar refractivity (Wildman–Crippen MR) is 138 cm³/mol. The summed E-state index contributed by atoms with van der Waals surface area (Å²) in [5, 5.41) is 13.0. The summed E-state index contributed by atoms with van der Waals surface area (Å²) in [6, 6.07) is 3.68. The third-order valence-electron chi connectivity index (χ3n) is 6.82. The number of hydrogen-bond acceptors (Lipinski definition) is 7. The van der Waals surface area contributed by atoms with Crippen LogP contribution in [0.4, 0.5) is 23.8 Å². The van der Waals surface area contributed by atoms with Gasteiger partial charge in [0, 0.05) is 12.6 Å². The minimum atomic E-state index is -3.29. The summed E-state index contributed by atoms with van der Waals surface area (Å²) in [4.78, 5) is 37.0. The van der Waals surface area contributed by atoms with Crippen LogP contribution in [0.5, 0.6) is 0 Å². The Morgan fingerprint density at radius 1 is 1.24 bits per heavy atom. The van der Waals surface area contributed by atoms with Crippen molar-refractivity contribution in [1.82, 2.24) is 20.0 Å². The second-order valence-electron chi connectivity index (χ2n) is 9.84. The lowest BCUT2D eigenvalue weighted by Gasteiger charge is -2.62. The second kappa shape index (κ2) is 9.36. The van der Waals surface area contributed by atoms with Crippen molar-refractivity contribution in [2.75, 3.05) is 11.9 Å². The summed E-state index contributed by atoms with van der Waals surface area (Å²) < 4.78 is 57.6. The van der Waals surface area contributed by atoms with Crippen molar-refractivity contribution in [2.45, 2.75) is 55.6 Å². The van der Waals surface area contributed by atoms with Gasteiger partial charge < -0.3 is 15.0 Å². The van der Waals surface area contributed by atoms with Crippen molar-refractivity contribution in [3.05, 3.63) is 52.2 Å². The number of carbonyl (C=O) groups excluding carboxylic acids is 1. The number of rotatable bonds is 3. The number of anilines is 1. The molecule has 3 atom stereocenters. The van der Waals surface area contributed by atoms with E-state index >= 15 is 4.39 Å². The fourth-order valence-electron chi connectivity index (χ4n) is 4.74. The Kier molecular flexibility index (Phi) is 6.92. The zero-order valence-electron chi connectivity index (χ0n) is 20.8. The first kappa shape index (κ1) is 28.1. The van der Waals surface area contributed by atoms with E-state index in [0.717, 1.165) is 6.07 Å². The van der Waals surface area contributed by atoms with E-state index in [-0.39, 0.29) is 17.3 Å². The number of carboxylic acid groups (broad SMARTS) is 1. The number of aromatic nitrogens is 2. The van der Waals surface area contributed by atoms with E-state index in [2.05, 4.69) is 30.3 Å². The van der Waals surface area contributed by atoms with E-state index in [4.69, 9.17) is 11.6 Å². The lowest BCUT2D eigenvalue weighted by Crippen LogP contribution is -2.66. The first-order valence-electron chi connectivity index (χ1n) is 11.4. The number of nitrogens with zero attached hydrogens (tertiary/aromatic N) is 3. The number of nitrogens with one attached hydrogen (secondary N) is 3. The van der Waals surface area contributed by atoms with Crippen LogP contribution in [0.2, 0.25) is 5.02 Å². The van der Waals surface area contributed by atoms with Gasteiger partial charge in [0.15, 0.2) is 0 Å². The quantitative estimate of drug-likeness (QED) is 0.357. The summed E-state index contributed by atoms with van der Waals surface area (Å²) in [7, 11) is -3.29. The largest absolute Gasteiger partial charge is 0.465 e. The smallest absolute Gasteiger partial charge is 0.410 e. The van der Waals surface area contributed by atoms with Crippen LogP contribution in [0.1, 0.15) is 48.9 Å². The Bertz CT molecular complexity index is 1360. The Morgan fingerprint density at radius 2 is 1.92 bits per heavy atom. The third-order valence-corrected chi connectivity index (χ3v) is 10.8. The number of halogens is 4. The number of aliphatic imine (C=N–C) groups is 1. The highest BCUT2D eigenvalue weighted by Gasteiger charge is 2.64. The second-order valence-corrected chi connectivity index (χ2v) is 13.4. The molecule has 2 aromatic heterocycles. The minimum Gasteiger partial charge on any atom is -0.465 e. The van der Waals surface area contributed by atoms with Crippen molar-refractivity contribution >= 4 is 45.7 Å². The third kappa shape index (κ3) is 4.70. The molecule has 4 rings (SSSR count).